The lowest BCUT2D eigenvalue weighted by Crippen LogP contribution is -2.41. The van der Waals surface area contributed by atoms with Crippen LogP contribution in [0.5, 0.6) is 17.2 Å². The Morgan fingerprint density at radius 1 is 1.07 bits per heavy atom. The van der Waals surface area contributed by atoms with Gasteiger partial charge >= 0.3 is 0 Å². The Morgan fingerprint density at radius 2 is 1.82 bits per heavy atom. The molecule has 0 bridgehead atoms. The van der Waals surface area contributed by atoms with E-state index in [2.05, 4.69) is 15.6 Å². The van der Waals surface area contributed by atoms with Gasteiger partial charge in [0, 0.05) is 25.2 Å². The van der Waals surface area contributed by atoms with Crippen LogP contribution in [0.25, 0.3) is 0 Å². The number of ether oxygens (including phenoxy) is 3. The van der Waals surface area contributed by atoms with Gasteiger partial charge in [-0.3, -0.25) is 4.99 Å². The van der Waals surface area contributed by atoms with Crippen molar-refractivity contribution in [3.8, 4) is 17.2 Å². The molecule has 8 heteroatoms. The van der Waals surface area contributed by atoms with Crippen LogP contribution in [0.4, 0.5) is 4.39 Å². The summed E-state index contributed by atoms with van der Waals surface area (Å²) in [5.74, 6) is 1.93. The highest BCUT2D eigenvalue weighted by atomic mass is 127. The van der Waals surface area contributed by atoms with Gasteiger partial charge in [0.05, 0.1) is 20.8 Å². The van der Waals surface area contributed by atoms with E-state index in [-0.39, 0.29) is 41.6 Å². The van der Waals surface area contributed by atoms with Gasteiger partial charge in [-0.2, -0.15) is 0 Å². The number of hydrogen-bond donors (Lipinski definition) is 2. The van der Waals surface area contributed by atoms with Crippen LogP contribution in [0.1, 0.15) is 12.5 Å². The van der Waals surface area contributed by atoms with Gasteiger partial charge in [0.25, 0.3) is 0 Å². The molecule has 28 heavy (non-hydrogen) atoms. The molecule has 0 saturated carbocycles. The number of hydrogen-bond acceptors (Lipinski definition) is 4. The molecule has 6 nitrogen and oxygen atoms in total. The molecule has 1 atom stereocenters. The zero-order chi connectivity index (χ0) is 19.6. The monoisotopic (exact) mass is 503 g/mol. The Balaban J connectivity index is 0.00000392. The molecule has 0 saturated heterocycles. The largest absolute Gasteiger partial charge is 0.497 e. The lowest BCUT2D eigenvalue weighted by atomic mass is 10.2. The van der Waals surface area contributed by atoms with Crippen molar-refractivity contribution in [2.75, 3.05) is 27.8 Å². The Morgan fingerprint density at radius 3 is 2.46 bits per heavy atom. The van der Waals surface area contributed by atoms with Crippen molar-refractivity contribution in [2.24, 2.45) is 4.99 Å². The zero-order valence-corrected chi connectivity index (χ0v) is 18.8. The number of nitrogens with one attached hydrogen (secondary N) is 2. The summed E-state index contributed by atoms with van der Waals surface area (Å²) >= 11 is 0. The smallest absolute Gasteiger partial charge is 0.191 e. The predicted molar refractivity (Wildman–Crippen MR) is 120 cm³/mol. The first-order valence-electron chi connectivity index (χ1n) is 8.64. The van der Waals surface area contributed by atoms with Crippen LogP contribution in [0, 0.1) is 5.82 Å². The Hall–Kier alpha value is -2.23. The molecule has 154 valence electrons. The van der Waals surface area contributed by atoms with E-state index in [1.54, 1.807) is 39.5 Å². The molecule has 0 spiro atoms. The van der Waals surface area contributed by atoms with E-state index in [0.29, 0.717) is 19.0 Å². The summed E-state index contributed by atoms with van der Waals surface area (Å²) in [4.78, 5) is 4.19. The Kier molecular flexibility index (Phi) is 10.4. The van der Waals surface area contributed by atoms with Crippen LogP contribution in [0.2, 0.25) is 0 Å². The van der Waals surface area contributed by atoms with Gasteiger partial charge in [-0.25, -0.2) is 4.39 Å². The molecule has 0 amide bonds. The maximum absolute atomic E-state index is 13.6. The molecule has 0 radical (unpaired) electrons. The van der Waals surface area contributed by atoms with Gasteiger partial charge in [-0.15, -0.1) is 24.0 Å². The summed E-state index contributed by atoms with van der Waals surface area (Å²) < 4.78 is 29.9. The van der Waals surface area contributed by atoms with Gasteiger partial charge in [0.2, 0.25) is 0 Å². The van der Waals surface area contributed by atoms with E-state index in [1.165, 1.54) is 6.07 Å². The van der Waals surface area contributed by atoms with Crippen LogP contribution in [-0.4, -0.2) is 39.9 Å². The Bertz CT molecular complexity index is 774. The Labute approximate surface area is 182 Å². The molecule has 0 aliphatic rings. The van der Waals surface area contributed by atoms with Crippen molar-refractivity contribution in [1.29, 1.82) is 0 Å². The number of guanidine groups is 1. The highest BCUT2D eigenvalue weighted by Gasteiger charge is 2.10. The third kappa shape index (κ3) is 7.06. The topological polar surface area (TPSA) is 64.1 Å². The van der Waals surface area contributed by atoms with Gasteiger partial charge in [0.1, 0.15) is 17.6 Å². The van der Waals surface area contributed by atoms with Crippen molar-refractivity contribution in [1.82, 2.24) is 10.6 Å². The number of nitrogens with zero attached hydrogens (tertiary/aromatic N) is 1. The summed E-state index contributed by atoms with van der Waals surface area (Å²) in [5, 5.41) is 6.38. The first kappa shape index (κ1) is 23.8. The van der Waals surface area contributed by atoms with E-state index < -0.39 is 0 Å². The average Bonchev–Trinajstić information content (AvgIpc) is 2.69. The lowest BCUT2D eigenvalue weighted by Gasteiger charge is -2.18. The molecule has 0 aliphatic heterocycles. The summed E-state index contributed by atoms with van der Waals surface area (Å²) in [6.45, 7) is 2.85. The maximum atomic E-state index is 13.6. The molecule has 2 rings (SSSR count). The number of para-hydroxylation sites is 1. The van der Waals surface area contributed by atoms with Crippen molar-refractivity contribution in [3.63, 3.8) is 0 Å². The number of halogens is 2. The third-order valence-corrected chi connectivity index (χ3v) is 3.89. The second-order valence-corrected chi connectivity index (χ2v) is 5.84. The van der Waals surface area contributed by atoms with E-state index in [1.807, 2.05) is 25.1 Å². The molecule has 0 aliphatic carbocycles. The van der Waals surface area contributed by atoms with Crippen LogP contribution in [0.15, 0.2) is 47.5 Å². The molecule has 2 aromatic rings. The minimum absolute atomic E-state index is 0. The standard InChI is InChI=1S/C20H26FN3O3.HI/c1-14(27-18-8-6-5-7-17(18)21)12-23-20(22-2)24-13-15-9-10-16(25-3)11-19(15)26-4;/h5-11,14H,12-13H2,1-4H3,(H2,22,23,24);1H. The summed E-state index contributed by atoms with van der Waals surface area (Å²) in [5.41, 5.74) is 0.969. The highest BCUT2D eigenvalue weighted by Crippen LogP contribution is 2.24. The molecule has 2 aromatic carbocycles. The van der Waals surface area contributed by atoms with E-state index in [4.69, 9.17) is 14.2 Å². The van der Waals surface area contributed by atoms with Gasteiger partial charge in [-0.1, -0.05) is 12.1 Å². The summed E-state index contributed by atoms with van der Waals surface area (Å²) in [6.07, 6.45) is -0.240. The molecule has 0 heterocycles. The molecular weight excluding hydrogens is 476 g/mol. The van der Waals surface area contributed by atoms with Crippen molar-refractivity contribution < 1.29 is 18.6 Å². The number of rotatable bonds is 8. The second-order valence-electron chi connectivity index (χ2n) is 5.84. The second kappa shape index (κ2) is 12.3. The minimum Gasteiger partial charge on any atom is -0.497 e. The fourth-order valence-electron chi connectivity index (χ4n) is 2.44. The van der Waals surface area contributed by atoms with Crippen molar-refractivity contribution >= 4 is 29.9 Å². The number of aliphatic imine (C=N–C) groups is 1. The van der Waals surface area contributed by atoms with Gasteiger partial charge in [-0.05, 0) is 31.2 Å². The van der Waals surface area contributed by atoms with Crippen LogP contribution >= 0.6 is 24.0 Å². The third-order valence-electron chi connectivity index (χ3n) is 3.89. The lowest BCUT2D eigenvalue weighted by molar-refractivity contribution is 0.214. The molecular formula is C20H27FIN3O3. The van der Waals surface area contributed by atoms with E-state index in [9.17, 15) is 4.39 Å². The predicted octanol–water partition coefficient (Wildman–Crippen LogP) is 3.59. The quantitative estimate of drug-likeness (QED) is 0.328. The van der Waals surface area contributed by atoms with E-state index in [0.717, 1.165) is 17.1 Å². The first-order valence-corrected chi connectivity index (χ1v) is 8.64. The number of benzene rings is 2. The molecule has 0 aromatic heterocycles. The van der Waals surface area contributed by atoms with Crippen LogP contribution in [-0.2, 0) is 6.54 Å². The fraction of sp³-hybridized carbons (Fsp3) is 0.350. The highest BCUT2D eigenvalue weighted by molar-refractivity contribution is 14.0. The average molecular weight is 503 g/mol. The van der Waals surface area contributed by atoms with Crippen molar-refractivity contribution in [2.45, 2.75) is 19.6 Å². The minimum atomic E-state index is -0.376. The fourth-order valence-corrected chi connectivity index (χ4v) is 2.44. The van der Waals surface area contributed by atoms with Gasteiger partial charge in [0.15, 0.2) is 17.5 Å². The zero-order valence-electron chi connectivity index (χ0n) is 16.5. The first-order chi connectivity index (χ1) is 13.1. The van der Waals surface area contributed by atoms with E-state index >= 15 is 0 Å². The SMILES string of the molecule is CN=C(NCc1ccc(OC)cc1OC)NCC(C)Oc1ccccc1F.I. The van der Waals surface area contributed by atoms with Crippen LogP contribution < -0.4 is 24.8 Å². The molecule has 2 N–H and O–H groups in total. The maximum Gasteiger partial charge on any atom is 0.191 e. The normalized spacial score (nSPS) is 11.8. The molecule has 1 unspecified atom stereocenters. The number of methoxy groups -OCH3 is 2. The molecule has 0 fully saturated rings. The van der Waals surface area contributed by atoms with Crippen molar-refractivity contribution in [3.05, 3.63) is 53.8 Å². The van der Waals surface area contributed by atoms with Gasteiger partial charge < -0.3 is 24.8 Å². The summed E-state index contributed by atoms with van der Waals surface area (Å²) in [7, 11) is 4.92. The van der Waals surface area contributed by atoms with Crippen LogP contribution in [0.3, 0.4) is 0 Å². The summed E-state index contributed by atoms with van der Waals surface area (Å²) in [6, 6.07) is 12.0.